The molecule has 1 aromatic carbocycles. The standard InChI is InChI=1S/C22H25FN4O.ClH/c1-2-3-6-19-21(22(28)27-12-5-4-7-20(27)26-19)15-8-9-18(17(23)13-15)25-16-10-11-24-14-16;/h4-5,7-9,12-13,16,24-25H,2-3,6,10-11,14H2,1H3;1H/t16-;/m1./s1. The molecule has 3 heterocycles. The summed E-state index contributed by atoms with van der Waals surface area (Å²) in [5.41, 5.74) is 2.74. The van der Waals surface area contributed by atoms with Crippen molar-refractivity contribution in [1.29, 1.82) is 0 Å². The molecule has 2 aromatic heterocycles. The summed E-state index contributed by atoms with van der Waals surface area (Å²) in [6, 6.07) is 10.7. The van der Waals surface area contributed by atoms with E-state index in [4.69, 9.17) is 4.98 Å². The number of anilines is 1. The molecule has 4 rings (SSSR count). The zero-order valence-electron chi connectivity index (χ0n) is 16.5. The lowest BCUT2D eigenvalue weighted by atomic mass is 10.0. The summed E-state index contributed by atoms with van der Waals surface area (Å²) >= 11 is 0. The van der Waals surface area contributed by atoms with E-state index in [1.54, 1.807) is 18.3 Å². The molecule has 1 aliphatic rings. The van der Waals surface area contributed by atoms with Crippen LogP contribution in [-0.2, 0) is 6.42 Å². The van der Waals surface area contributed by atoms with Gasteiger partial charge in [-0.15, -0.1) is 12.4 Å². The van der Waals surface area contributed by atoms with Gasteiger partial charge in [0.1, 0.15) is 11.5 Å². The predicted octanol–water partition coefficient (Wildman–Crippen LogP) is 4.04. The minimum absolute atomic E-state index is 0. The van der Waals surface area contributed by atoms with Crippen LogP contribution in [-0.4, -0.2) is 28.5 Å². The number of unbranched alkanes of at least 4 members (excludes halogenated alkanes) is 1. The quantitative estimate of drug-likeness (QED) is 0.636. The molecule has 0 unspecified atom stereocenters. The van der Waals surface area contributed by atoms with Crippen LogP contribution >= 0.6 is 12.4 Å². The molecule has 0 bridgehead atoms. The van der Waals surface area contributed by atoms with Crippen molar-refractivity contribution < 1.29 is 4.39 Å². The molecule has 1 fully saturated rings. The minimum atomic E-state index is -0.344. The van der Waals surface area contributed by atoms with Crippen molar-refractivity contribution in [3.63, 3.8) is 0 Å². The Morgan fingerprint density at radius 2 is 2.17 bits per heavy atom. The van der Waals surface area contributed by atoms with Crippen LogP contribution in [0.2, 0.25) is 0 Å². The lowest BCUT2D eigenvalue weighted by Crippen LogP contribution is -2.23. The summed E-state index contributed by atoms with van der Waals surface area (Å²) in [7, 11) is 0. The van der Waals surface area contributed by atoms with Crippen molar-refractivity contribution in [3.05, 3.63) is 64.5 Å². The maximum atomic E-state index is 14.8. The number of benzene rings is 1. The van der Waals surface area contributed by atoms with E-state index in [0.29, 0.717) is 28.9 Å². The smallest absolute Gasteiger partial charge is 0.265 e. The normalized spacial score (nSPS) is 16.0. The molecule has 0 aliphatic carbocycles. The number of hydrogen-bond donors (Lipinski definition) is 2. The average molecular weight is 417 g/mol. The predicted molar refractivity (Wildman–Crippen MR) is 118 cm³/mol. The molecule has 0 spiro atoms. The van der Waals surface area contributed by atoms with Gasteiger partial charge < -0.3 is 10.6 Å². The summed E-state index contributed by atoms with van der Waals surface area (Å²) in [6.07, 6.45) is 5.30. The number of rotatable bonds is 6. The molecule has 2 N–H and O–H groups in total. The summed E-state index contributed by atoms with van der Waals surface area (Å²) in [5, 5.41) is 6.51. The molecule has 0 radical (unpaired) electrons. The molecule has 1 aliphatic heterocycles. The van der Waals surface area contributed by atoms with Crippen molar-refractivity contribution in [2.75, 3.05) is 18.4 Å². The van der Waals surface area contributed by atoms with E-state index < -0.39 is 0 Å². The minimum Gasteiger partial charge on any atom is -0.379 e. The number of halogens is 2. The third-order valence-corrected chi connectivity index (χ3v) is 5.25. The first kappa shape index (κ1) is 21.3. The molecule has 1 atom stereocenters. The fraction of sp³-hybridized carbons (Fsp3) is 0.364. The first-order chi connectivity index (χ1) is 13.7. The molecule has 0 amide bonds. The van der Waals surface area contributed by atoms with Gasteiger partial charge in [0.2, 0.25) is 0 Å². The molecular formula is C22H26ClFN4O. The Bertz CT molecular complexity index is 1050. The van der Waals surface area contributed by atoms with Crippen LogP contribution in [0.15, 0.2) is 47.4 Å². The van der Waals surface area contributed by atoms with Gasteiger partial charge in [-0.2, -0.15) is 0 Å². The Hall–Kier alpha value is -2.44. The van der Waals surface area contributed by atoms with Crippen LogP contribution in [0, 0.1) is 5.82 Å². The Morgan fingerprint density at radius 3 is 2.90 bits per heavy atom. The van der Waals surface area contributed by atoms with E-state index in [1.807, 2.05) is 18.2 Å². The summed E-state index contributed by atoms with van der Waals surface area (Å²) < 4.78 is 16.3. The van der Waals surface area contributed by atoms with Gasteiger partial charge in [-0.1, -0.05) is 25.5 Å². The van der Waals surface area contributed by atoms with Gasteiger partial charge in [0, 0.05) is 18.8 Å². The molecule has 7 heteroatoms. The second kappa shape index (κ2) is 9.37. The number of aryl methyl sites for hydroxylation is 1. The number of aromatic nitrogens is 2. The van der Waals surface area contributed by atoms with Gasteiger partial charge in [0.15, 0.2) is 0 Å². The van der Waals surface area contributed by atoms with Gasteiger partial charge in [-0.25, -0.2) is 9.37 Å². The van der Waals surface area contributed by atoms with E-state index in [0.717, 1.165) is 38.0 Å². The molecular weight excluding hydrogens is 391 g/mol. The van der Waals surface area contributed by atoms with Crippen molar-refractivity contribution in [3.8, 4) is 11.1 Å². The van der Waals surface area contributed by atoms with E-state index in [9.17, 15) is 9.18 Å². The Balaban J connectivity index is 0.00000240. The number of pyridine rings is 1. The van der Waals surface area contributed by atoms with Gasteiger partial charge in [-0.3, -0.25) is 9.20 Å². The third kappa shape index (κ3) is 4.43. The SMILES string of the molecule is CCCCc1nc2ccccn2c(=O)c1-c1ccc(N[C@@H]2CCNC2)c(F)c1.Cl. The van der Waals surface area contributed by atoms with Crippen LogP contribution in [0.4, 0.5) is 10.1 Å². The van der Waals surface area contributed by atoms with Gasteiger partial charge >= 0.3 is 0 Å². The van der Waals surface area contributed by atoms with Crippen molar-refractivity contribution >= 4 is 23.7 Å². The molecule has 0 saturated carbocycles. The largest absolute Gasteiger partial charge is 0.379 e. The fourth-order valence-corrected chi connectivity index (χ4v) is 3.74. The third-order valence-electron chi connectivity index (χ3n) is 5.25. The maximum absolute atomic E-state index is 14.8. The van der Waals surface area contributed by atoms with E-state index in [-0.39, 0.29) is 29.8 Å². The molecule has 5 nitrogen and oxygen atoms in total. The summed E-state index contributed by atoms with van der Waals surface area (Å²) in [5.74, 6) is -0.344. The lowest BCUT2D eigenvalue weighted by Gasteiger charge is -2.15. The van der Waals surface area contributed by atoms with Gasteiger partial charge in [-0.05, 0) is 55.6 Å². The highest BCUT2D eigenvalue weighted by molar-refractivity contribution is 5.85. The van der Waals surface area contributed by atoms with Crippen LogP contribution in [0.5, 0.6) is 0 Å². The van der Waals surface area contributed by atoms with Crippen LogP contribution < -0.4 is 16.2 Å². The number of nitrogens with one attached hydrogen (secondary N) is 2. The second-order valence-corrected chi connectivity index (χ2v) is 7.30. The Kier molecular flexibility index (Phi) is 6.87. The number of nitrogens with zero attached hydrogens (tertiary/aromatic N) is 2. The zero-order chi connectivity index (χ0) is 19.5. The molecule has 154 valence electrons. The van der Waals surface area contributed by atoms with Crippen LogP contribution in [0.25, 0.3) is 16.8 Å². The van der Waals surface area contributed by atoms with Crippen LogP contribution in [0.1, 0.15) is 31.9 Å². The lowest BCUT2D eigenvalue weighted by molar-refractivity contribution is 0.626. The topological polar surface area (TPSA) is 58.4 Å². The number of fused-ring (bicyclic) bond motifs is 1. The molecule has 29 heavy (non-hydrogen) atoms. The monoisotopic (exact) mass is 416 g/mol. The highest BCUT2D eigenvalue weighted by Crippen LogP contribution is 2.26. The van der Waals surface area contributed by atoms with Crippen molar-refractivity contribution in [2.24, 2.45) is 0 Å². The first-order valence-electron chi connectivity index (χ1n) is 9.95. The van der Waals surface area contributed by atoms with E-state index >= 15 is 0 Å². The van der Waals surface area contributed by atoms with Crippen LogP contribution in [0.3, 0.4) is 0 Å². The van der Waals surface area contributed by atoms with Gasteiger partial charge in [0.05, 0.1) is 16.9 Å². The Morgan fingerprint density at radius 1 is 1.31 bits per heavy atom. The maximum Gasteiger partial charge on any atom is 0.265 e. The second-order valence-electron chi connectivity index (χ2n) is 7.30. The average Bonchev–Trinajstić information content (AvgIpc) is 3.21. The van der Waals surface area contributed by atoms with Crippen molar-refractivity contribution in [1.82, 2.24) is 14.7 Å². The number of hydrogen-bond acceptors (Lipinski definition) is 4. The summed E-state index contributed by atoms with van der Waals surface area (Å²) in [6.45, 7) is 3.88. The highest BCUT2D eigenvalue weighted by atomic mass is 35.5. The first-order valence-corrected chi connectivity index (χ1v) is 9.95. The van der Waals surface area contributed by atoms with E-state index in [2.05, 4.69) is 17.6 Å². The van der Waals surface area contributed by atoms with Crippen molar-refractivity contribution in [2.45, 2.75) is 38.6 Å². The van der Waals surface area contributed by atoms with Gasteiger partial charge in [0.25, 0.3) is 5.56 Å². The molecule has 1 saturated heterocycles. The zero-order valence-corrected chi connectivity index (χ0v) is 17.3. The molecule has 3 aromatic rings. The van der Waals surface area contributed by atoms with E-state index in [1.165, 1.54) is 10.5 Å². The fourth-order valence-electron chi connectivity index (χ4n) is 3.74. The summed E-state index contributed by atoms with van der Waals surface area (Å²) in [4.78, 5) is 17.9. The highest BCUT2D eigenvalue weighted by Gasteiger charge is 2.18. The Labute approximate surface area is 175 Å².